The average Bonchev–Trinajstić information content (AvgIpc) is 2.71. The molecule has 4 nitrogen and oxygen atoms in total. The summed E-state index contributed by atoms with van der Waals surface area (Å²) in [6.07, 6.45) is 3.94. The van der Waals surface area contributed by atoms with Gasteiger partial charge in [-0.2, -0.15) is 0 Å². The first-order valence-corrected chi connectivity index (χ1v) is 5.95. The maximum absolute atomic E-state index is 8.94. The molecule has 0 aliphatic heterocycles. The Labute approximate surface area is 101 Å². The van der Waals surface area contributed by atoms with Gasteiger partial charge in [-0.1, -0.05) is 6.92 Å². The quantitative estimate of drug-likeness (QED) is 0.820. The van der Waals surface area contributed by atoms with E-state index in [0.717, 1.165) is 24.4 Å². The fourth-order valence-electron chi connectivity index (χ4n) is 1.78. The van der Waals surface area contributed by atoms with E-state index in [-0.39, 0.29) is 12.5 Å². The molecule has 2 aromatic rings. The highest BCUT2D eigenvalue weighted by atomic mass is 16.3. The van der Waals surface area contributed by atoms with Gasteiger partial charge in [0.2, 0.25) is 0 Å². The summed E-state index contributed by atoms with van der Waals surface area (Å²) in [6.45, 7) is 5.89. The zero-order valence-corrected chi connectivity index (χ0v) is 10.3. The lowest BCUT2D eigenvalue weighted by Gasteiger charge is -2.09. The number of hydrogen-bond donors (Lipinski definition) is 2. The Morgan fingerprint density at radius 1 is 1.53 bits per heavy atom. The van der Waals surface area contributed by atoms with Gasteiger partial charge < -0.3 is 14.8 Å². The molecule has 0 bridgehead atoms. The van der Waals surface area contributed by atoms with Gasteiger partial charge in [0.15, 0.2) is 0 Å². The number of aliphatic hydroxyl groups is 1. The van der Waals surface area contributed by atoms with Crippen molar-refractivity contribution in [1.29, 1.82) is 0 Å². The number of aryl methyl sites for hydroxylation is 1. The van der Waals surface area contributed by atoms with Crippen molar-refractivity contribution < 1.29 is 5.11 Å². The summed E-state index contributed by atoms with van der Waals surface area (Å²) in [7, 11) is 0. The second-order valence-corrected chi connectivity index (χ2v) is 4.60. The molecular weight excluding hydrogens is 214 g/mol. The van der Waals surface area contributed by atoms with Gasteiger partial charge in [-0.05, 0) is 30.5 Å². The van der Waals surface area contributed by atoms with Gasteiger partial charge in [0.05, 0.1) is 11.9 Å². The van der Waals surface area contributed by atoms with Crippen LogP contribution in [-0.2, 0) is 6.54 Å². The lowest BCUT2D eigenvalue weighted by atomic mass is 10.2. The summed E-state index contributed by atoms with van der Waals surface area (Å²) in [6, 6.07) is 4.15. The summed E-state index contributed by atoms with van der Waals surface area (Å²) in [5.74, 6) is 0.288. The molecule has 2 aromatic heterocycles. The van der Waals surface area contributed by atoms with Crippen LogP contribution in [-0.4, -0.2) is 27.6 Å². The van der Waals surface area contributed by atoms with Crippen molar-refractivity contribution in [3.63, 3.8) is 0 Å². The van der Waals surface area contributed by atoms with Crippen LogP contribution in [0.3, 0.4) is 0 Å². The Morgan fingerprint density at radius 2 is 2.35 bits per heavy atom. The van der Waals surface area contributed by atoms with Gasteiger partial charge in [-0.25, -0.2) is 4.98 Å². The SMILES string of the molecule is Cc1ccn2c(CNCC(C)CO)cnc2c1. The van der Waals surface area contributed by atoms with E-state index in [2.05, 4.69) is 33.8 Å². The van der Waals surface area contributed by atoms with Crippen LogP contribution in [0.2, 0.25) is 0 Å². The molecule has 2 N–H and O–H groups in total. The number of hydrogen-bond acceptors (Lipinski definition) is 3. The molecule has 0 aliphatic rings. The largest absolute Gasteiger partial charge is 0.396 e. The van der Waals surface area contributed by atoms with E-state index >= 15 is 0 Å². The van der Waals surface area contributed by atoms with Crippen molar-refractivity contribution >= 4 is 5.65 Å². The first kappa shape index (κ1) is 12.1. The first-order valence-electron chi connectivity index (χ1n) is 5.95. The summed E-state index contributed by atoms with van der Waals surface area (Å²) in [4.78, 5) is 4.37. The normalized spacial score (nSPS) is 13.1. The number of imidazole rings is 1. The maximum atomic E-state index is 8.94. The van der Waals surface area contributed by atoms with Crippen molar-refractivity contribution in [3.05, 3.63) is 35.8 Å². The molecule has 0 aliphatic carbocycles. The summed E-state index contributed by atoms with van der Waals surface area (Å²) >= 11 is 0. The Hall–Kier alpha value is -1.39. The van der Waals surface area contributed by atoms with Gasteiger partial charge in [0.25, 0.3) is 0 Å². The Morgan fingerprint density at radius 3 is 3.12 bits per heavy atom. The van der Waals surface area contributed by atoms with Crippen LogP contribution in [0.4, 0.5) is 0 Å². The molecule has 1 unspecified atom stereocenters. The minimum absolute atomic E-state index is 0.222. The second-order valence-electron chi connectivity index (χ2n) is 4.60. The molecule has 0 fully saturated rings. The number of nitrogens with one attached hydrogen (secondary N) is 1. The van der Waals surface area contributed by atoms with Crippen LogP contribution < -0.4 is 5.32 Å². The van der Waals surface area contributed by atoms with E-state index < -0.39 is 0 Å². The lowest BCUT2D eigenvalue weighted by Crippen LogP contribution is -2.23. The minimum Gasteiger partial charge on any atom is -0.396 e. The lowest BCUT2D eigenvalue weighted by molar-refractivity contribution is 0.233. The fraction of sp³-hybridized carbons (Fsp3) is 0.462. The highest BCUT2D eigenvalue weighted by Gasteiger charge is 2.04. The smallest absolute Gasteiger partial charge is 0.137 e. The second kappa shape index (κ2) is 5.29. The van der Waals surface area contributed by atoms with Crippen molar-refractivity contribution in [3.8, 4) is 0 Å². The number of nitrogens with zero attached hydrogens (tertiary/aromatic N) is 2. The third kappa shape index (κ3) is 2.84. The van der Waals surface area contributed by atoms with Crippen LogP contribution in [0.5, 0.6) is 0 Å². The molecule has 0 radical (unpaired) electrons. The van der Waals surface area contributed by atoms with Crippen LogP contribution in [0.15, 0.2) is 24.5 Å². The average molecular weight is 233 g/mol. The van der Waals surface area contributed by atoms with Crippen LogP contribution in [0, 0.1) is 12.8 Å². The zero-order valence-electron chi connectivity index (χ0n) is 10.3. The van der Waals surface area contributed by atoms with Crippen molar-refractivity contribution in [2.24, 2.45) is 5.92 Å². The number of aliphatic hydroxyl groups excluding tert-OH is 1. The zero-order chi connectivity index (χ0) is 12.3. The third-order valence-corrected chi connectivity index (χ3v) is 2.86. The maximum Gasteiger partial charge on any atom is 0.137 e. The Kier molecular flexibility index (Phi) is 3.76. The van der Waals surface area contributed by atoms with Crippen LogP contribution in [0.1, 0.15) is 18.2 Å². The minimum atomic E-state index is 0.222. The Balaban J connectivity index is 2.04. The summed E-state index contributed by atoms with van der Waals surface area (Å²) in [5.41, 5.74) is 3.35. The highest BCUT2D eigenvalue weighted by molar-refractivity contribution is 5.42. The predicted molar refractivity (Wildman–Crippen MR) is 67.9 cm³/mol. The molecule has 0 spiro atoms. The van der Waals surface area contributed by atoms with Gasteiger partial charge in [-0.3, -0.25) is 0 Å². The third-order valence-electron chi connectivity index (χ3n) is 2.86. The predicted octanol–water partition coefficient (Wildman–Crippen LogP) is 1.36. The van der Waals surface area contributed by atoms with Crippen molar-refractivity contribution in [2.45, 2.75) is 20.4 Å². The number of pyridine rings is 1. The standard InChI is InChI=1S/C13H19N3O/c1-10-3-4-16-12(8-15-13(16)5-10)7-14-6-11(2)9-17/h3-5,8,11,14,17H,6-7,9H2,1-2H3. The monoisotopic (exact) mass is 233 g/mol. The molecule has 1 atom stereocenters. The molecule has 0 aromatic carbocycles. The summed E-state index contributed by atoms with van der Waals surface area (Å²) in [5, 5.41) is 12.3. The van der Waals surface area contributed by atoms with E-state index in [0.29, 0.717) is 0 Å². The van der Waals surface area contributed by atoms with Gasteiger partial charge in [0, 0.05) is 25.9 Å². The molecule has 2 heterocycles. The highest BCUT2D eigenvalue weighted by Crippen LogP contribution is 2.08. The molecule has 4 heteroatoms. The first-order chi connectivity index (χ1) is 8.20. The van der Waals surface area contributed by atoms with E-state index in [4.69, 9.17) is 5.11 Å². The molecule has 0 amide bonds. The number of fused-ring (bicyclic) bond motifs is 1. The number of aromatic nitrogens is 2. The fourth-order valence-corrected chi connectivity index (χ4v) is 1.78. The number of rotatable bonds is 5. The van der Waals surface area contributed by atoms with E-state index in [1.54, 1.807) is 0 Å². The van der Waals surface area contributed by atoms with Gasteiger partial charge >= 0.3 is 0 Å². The van der Waals surface area contributed by atoms with Gasteiger partial charge in [-0.15, -0.1) is 0 Å². The van der Waals surface area contributed by atoms with E-state index in [1.165, 1.54) is 5.56 Å². The molecule has 2 rings (SSSR count). The van der Waals surface area contributed by atoms with Crippen LogP contribution in [0.25, 0.3) is 5.65 Å². The summed E-state index contributed by atoms with van der Waals surface area (Å²) < 4.78 is 2.09. The van der Waals surface area contributed by atoms with Gasteiger partial charge in [0.1, 0.15) is 5.65 Å². The molecule has 92 valence electrons. The van der Waals surface area contributed by atoms with Crippen molar-refractivity contribution in [1.82, 2.24) is 14.7 Å². The van der Waals surface area contributed by atoms with E-state index in [1.807, 2.05) is 19.3 Å². The molecule has 17 heavy (non-hydrogen) atoms. The molecule has 0 saturated carbocycles. The van der Waals surface area contributed by atoms with E-state index in [9.17, 15) is 0 Å². The molecular formula is C13H19N3O. The topological polar surface area (TPSA) is 49.6 Å². The van der Waals surface area contributed by atoms with Crippen LogP contribution >= 0.6 is 0 Å². The Bertz CT molecular complexity index is 492. The molecule has 0 saturated heterocycles. The van der Waals surface area contributed by atoms with Crippen molar-refractivity contribution in [2.75, 3.05) is 13.2 Å².